The highest BCUT2D eigenvalue weighted by Gasteiger charge is 2.19. The molecule has 0 N–H and O–H groups in total. The molecule has 0 heterocycles. The molecule has 0 aromatic carbocycles. The maximum atomic E-state index is 12.8. The topological polar surface area (TPSA) is 78.9 Å². The Hall–Kier alpha value is -4.97. The molecule has 0 amide bonds. The van der Waals surface area contributed by atoms with Crippen molar-refractivity contribution in [2.24, 2.45) is 0 Å². The lowest BCUT2D eigenvalue weighted by Crippen LogP contribution is -2.30. The molecule has 1 atom stereocenters. The summed E-state index contributed by atoms with van der Waals surface area (Å²) in [6.45, 7) is 6.20. The maximum Gasteiger partial charge on any atom is 0.310 e. The highest BCUT2D eigenvalue weighted by Crippen LogP contribution is 2.11. The van der Waals surface area contributed by atoms with Crippen molar-refractivity contribution in [3.8, 4) is 0 Å². The van der Waals surface area contributed by atoms with Crippen LogP contribution < -0.4 is 0 Å². The van der Waals surface area contributed by atoms with Gasteiger partial charge in [0.25, 0.3) is 0 Å². The molecule has 0 rings (SSSR count). The molecular weight excluding hydrogens is 853 g/mol. The molecule has 6 heteroatoms. The molecule has 0 saturated heterocycles. The van der Waals surface area contributed by atoms with Gasteiger partial charge in [0.15, 0.2) is 6.10 Å². The van der Waals surface area contributed by atoms with Gasteiger partial charge in [0.05, 0.1) is 6.42 Å². The minimum Gasteiger partial charge on any atom is -0.462 e. The predicted octanol–water partition coefficient (Wildman–Crippen LogP) is 18.2. The third-order valence-electron chi connectivity index (χ3n) is 10.5. The fraction of sp³-hybridized carbons (Fsp3) is 0.540. The summed E-state index contributed by atoms with van der Waals surface area (Å²) in [5.41, 5.74) is 0. The van der Waals surface area contributed by atoms with E-state index in [2.05, 4.69) is 167 Å². The van der Waals surface area contributed by atoms with E-state index in [1.54, 1.807) is 6.08 Å². The molecule has 1 unspecified atom stereocenters. The summed E-state index contributed by atoms with van der Waals surface area (Å²) in [5.74, 6) is -1.12. The lowest BCUT2D eigenvalue weighted by atomic mass is 10.1. The minimum atomic E-state index is -0.857. The van der Waals surface area contributed by atoms with Gasteiger partial charge in [-0.2, -0.15) is 0 Å². The smallest absolute Gasteiger partial charge is 0.310 e. The number of carbonyl (C=O) groups is 3. The molecule has 0 aliphatic heterocycles. The van der Waals surface area contributed by atoms with E-state index in [0.717, 1.165) is 148 Å². The van der Waals surface area contributed by atoms with Gasteiger partial charge in [-0.25, -0.2) is 0 Å². The molecule has 0 spiro atoms. The van der Waals surface area contributed by atoms with E-state index in [-0.39, 0.29) is 31.6 Å². The van der Waals surface area contributed by atoms with Crippen LogP contribution in [0.3, 0.4) is 0 Å². The van der Waals surface area contributed by atoms with Crippen molar-refractivity contribution in [1.29, 1.82) is 0 Å². The summed E-state index contributed by atoms with van der Waals surface area (Å²) >= 11 is 0. The second kappa shape index (κ2) is 55.6. The lowest BCUT2D eigenvalue weighted by Gasteiger charge is -2.18. The molecule has 0 aromatic rings. The zero-order chi connectivity index (χ0) is 50.0. The Bertz CT molecular complexity index is 1610. The third-order valence-corrected chi connectivity index (χ3v) is 10.5. The first-order valence-electron chi connectivity index (χ1n) is 27.0. The number of allylic oxidation sites excluding steroid dienone is 25. The van der Waals surface area contributed by atoms with Crippen LogP contribution in [0.15, 0.2) is 158 Å². The maximum absolute atomic E-state index is 12.8. The molecule has 0 radical (unpaired) electrons. The first-order chi connectivity index (χ1) is 34.0. The van der Waals surface area contributed by atoms with E-state index in [1.165, 1.54) is 6.42 Å². The molecule has 384 valence electrons. The van der Waals surface area contributed by atoms with Gasteiger partial charge in [0.1, 0.15) is 13.2 Å². The number of carbonyl (C=O) groups excluding carboxylic acids is 3. The SMILES string of the molecule is CC/C=C\C/C=C\C/C=C\C/C=C\C/C=C\C/C=C\CCCCCCC(=O)OCC(COC(=O)CCCCCCC/C=C\C/C=C\CCC)OC(=O)C/C=C\C/C=C\C/C=C\C/C=C\C/C=C\CC. The Morgan fingerprint density at radius 2 is 0.609 bits per heavy atom. The zero-order valence-corrected chi connectivity index (χ0v) is 43.8. The fourth-order valence-electron chi connectivity index (χ4n) is 6.56. The van der Waals surface area contributed by atoms with Crippen molar-refractivity contribution in [3.63, 3.8) is 0 Å². The second-order valence-corrected chi connectivity index (χ2v) is 17.0. The molecule has 0 aromatic heterocycles. The Labute approximate surface area is 422 Å². The average Bonchev–Trinajstić information content (AvgIpc) is 3.35. The highest BCUT2D eigenvalue weighted by atomic mass is 16.6. The van der Waals surface area contributed by atoms with Gasteiger partial charge in [-0.15, -0.1) is 0 Å². The molecule has 0 aliphatic rings. The molecule has 0 fully saturated rings. The number of ether oxygens (including phenoxy) is 3. The first kappa shape index (κ1) is 64.0. The van der Waals surface area contributed by atoms with E-state index in [1.807, 2.05) is 6.08 Å². The third kappa shape index (κ3) is 53.8. The molecular formula is C63H96O6. The Morgan fingerprint density at radius 1 is 0.319 bits per heavy atom. The summed E-state index contributed by atoms with van der Waals surface area (Å²) in [6, 6.07) is 0. The van der Waals surface area contributed by atoms with Crippen LogP contribution in [0, 0.1) is 0 Å². The lowest BCUT2D eigenvalue weighted by molar-refractivity contribution is -0.166. The van der Waals surface area contributed by atoms with Crippen LogP contribution >= 0.6 is 0 Å². The molecule has 0 aliphatic carbocycles. The van der Waals surface area contributed by atoms with Crippen molar-refractivity contribution in [2.45, 2.75) is 207 Å². The standard InChI is InChI=1S/C63H96O6/c1-4-7-10-13-16-19-22-25-27-28-29-30-31-32-33-34-36-38-41-44-47-50-53-56-62(65)68-59-60(58-67-61(64)55-52-49-46-43-40-37-24-21-18-15-12-9-6-3)69-63(66)57-54-51-48-45-42-39-35-26-23-20-17-14-11-8-5-2/h7-8,10-12,15-17,19-21,24-27,29-30,32-33,35-36,38,42,45,51,54,60H,4-6,9,13-14,18,22-23,28,31,34,37,39-41,43-44,46-50,52-53,55-59H2,1-3H3/b10-7-,11-8-,15-12-,19-16-,20-17-,24-21-,27-25-,30-29-,33-32-,35-26-,38-36-,45-42-,54-51-. The van der Waals surface area contributed by atoms with E-state index in [0.29, 0.717) is 19.3 Å². The number of hydrogen-bond acceptors (Lipinski definition) is 6. The van der Waals surface area contributed by atoms with Crippen LogP contribution in [0.5, 0.6) is 0 Å². The highest BCUT2D eigenvalue weighted by molar-refractivity contribution is 5.72. The van der Waals surface area contributed by atoms with Gasteiger partial charge < -0.3 is 14.2 Å². The van der Waals surface area contributed by atoms with Gasteiger partial charge in [-0.05, 0) is 122 Å². The largest absolute Gasteiger partial charge is 0.462 e. The van der Waals surface area contributed by atoms with Crippen LogP contribution in [0.1, 0.15) is 201 Å². The molecule has 69 heavy (non-hydrogen) atoms. The number of rotatable bonds is 46. The quantitative estimate of drug-likeness (QED) is 0.0262. The molecule has 0 saturated carbocycles. The van der Waals surface area contributed by atoms with E-state index in [9.17, 15) is 14.4 Å². The Morgan fingerprint density at radius 3 is 0.957 bits per heavy atom. The van der Waals surface area contributed by atoms with Crippen LogP contribution in [0.25, 0.3) is 0 Å². The number of esters is 3. The van der Waals surface area contributed by atoms with E-state index >= 15 is 0 Å². The first-order valence-corrected chi connectivity index (χ1v) is 27.0. The van der Waals surface area contributed by atoms with Gasteiger partial charge in [0.2, 0.25) is 0 Å². The van der Waals surface area contributed by atoms with Crippen LogP contribution in [0.4, 0.5) is 0 Å². The second-order valence-electron chi connectivity index (χ2n) is 17.0. The Kier molecular flexibility index (Phi) is 51.6. The van der Waals surface area contributed by atoms with Gasteiger partial charge in [-0.3, -0.25) is 14.4 Å². The summed E-state index contributed by atoms with van der Waals surface area (Å²) in [4.78, 5) is 38.0. The minimum absolute atomic E-state index is 0.0796. The normalized spacial score (nSPS) is 13.4. The average molecular weight is 949 g/mol. The monoisotopic (exact) mass is 949 g/mol. The Balaban J connectivity index is 4.56. The fourth-order valence-corrected chi connectivity index (χ4v) is 6.56. The summed E-state index contributed by atoms with van der Waals surface area (Å²) in [5, 5.41) is 0. The van der Waals surface area contributed by atoms with Gasteiger partial charge >= 0.3 is 17.9 Å². The molecule has 6 nitrogen and oxygen atoms in total. The summed E-state index contributed by atoms with van der Waals surface area (Å²) in [7, 11) is 0. The van der Waals surface area contributed by atoms with Gasteiger partial charge in [0, 0.05) is 12.8 Å². The van der Waals surface area contributed by atoms with Crippen molar-refractivity contribution < 1.29 is 28.6 Å². The van der Waals surface area contributed by atoms with E-state index in [4.69, 9.17) is 14.2 Å². The van der Waals surface area contributed by atoms with Gasteiger partial charge in [-0.1, -0.05) is 217 Å². The van der Waals surface area contributed by atoms with Crippen LogP contribution in [0.2, 0.25) is 0 Å². The summed E-state index contributed by atoms with van der Waals surface area (Å²) < 4.78 is 16.7. The van der Waals surface area contributed by atoms with Crippen LogP contribution in [-0.2, 0) is 28.6 Å². The predicted molar refractivity (Wildman–Crippen MR) is 297 cm³/mol. The van der Waals surface area contributed by atoms with Crippen molar-refractivity contribution in [2.75, 3.05) is 13.2 Å². The number of unbranched alkanes of at least 4 members (excludes halogenated alkanes) is 10. The van der Waals surface area contributed by atoms with Crippen LogP contribution in [-0.4, -0.2) is 37.2 Å². The zero-order valence-electron chi connectivity index (χ0n) is 43.8. The summed E-state index contributed by atoms with van der Waals surface area (Å²) in [6.07, 6.45) is 81.1. The number of hydrogen-bond donors (Lipinski definition) is 0. The van der Waals surface area contributed by atoms with Crippen molar-refractivity contribution in [1.82, 2.24) is 0 Å². The molecule has 0 bridgehead atoms. The van der Waals surface area contributed by atoms with E-state index < -0.39 is 12.1 Å². The van der Waals surface area contributed by atoms with Crippen molar-refractivity contribution in [3.05, 3.63) is 158 Å². The van der Waals surface area contributed by atoms with Crippen molar-refractivity contribution >= 4 is 17.9 Å².